The highest BCUT2D eigenvalue weighted by atomic mass is 16.4. The fourth-order valence-electron chi connectivity index (χ4n) is 4.17. The Morgan fingerprint density at radius 2 is 0.786 bits per heavy atom. The van der Waals surface area contributed by atoms with E-state index in [9.17, 15) is 9.90 Å². The summed E-state index contributed by atoms with van der Waals surface area (Å²) in [7, 11) is 0. The quantitative estimate of drug-likeness (QED) is 0.185. The first-order valence-corrected chi connectivity index (χ1v) is 12.8. The summed E-state index contributed by atoms with van der Waals surface area (Å²) in [5, 5.41) is 9.68. The van der Waals surface area contributed by atoms with Crippen molar-refractivity contribution in [1.82, 2.24) is 0 Å². The molecule has 0 heterocycles. The minimum atomic E-state index is -0.582. The molecule has 0 aliphatic carbocycles. The third-order valence-electron chi connectivity index (χ3n) is 6.43. The largest absolute Gasteiger partial charge is 0.481 e. The number of hydrogen-bond donors (Lipinski definition) is 1. The predicted octanol–water partition coefficient (Wildman–Crippen LogP) is 9.31. The molecule has 2 nitrogen and oxygen atoms in total. The monoisotopic (exact) mass is 396 g/mol. The molecule has 0 aromatic heterocycles. The molecule has 2 heteroatoms. The van der Waals surface area contributed by atoms with E-state index >= 15 is 0 Å². The van der Waals surface area contributed by atoms with Gasteiger partial charge in [0.15, 0.2) is 0 Å². The lowest BCUT2D eigenvalue weighted by atomic mass is 9.80. The molecule has 0 aromatic carbocycles. The number of rotatable bonds is 22. The first-order valence-electron chi connectivity index (χ1n) is 12.8. The first-order chi connectivity index (χ1) is 13.6. The summed E-state index contributed by atoms with van der Waals surface area (Å²) in [6.07, 6.45) is 26.6. The number of carboxylic acid groups (broad SMARTS) is 1. The maximum absolute atomic E-state index is 11.8. The molecule has 1 N–H and O–H groups in total. The number of unbranched alkanes of at least 4 members (excludes halogenated alkanes) is 17. The average molecular weight is 397 g/mol. The van der Waals surface area contributed by atoms with E-state index in [0.717, 1.165) is 25.7 Å². The van der Waals surface area contributed by atoms with Gasteiger partial charge in [0.2, 0.25) is 0 Å². The minimum absolute atomic E-state index is 0.498. The van der Waals surface area contributed by atoms with Crippen molar-refractivity contribution in [1.29, 1.82) is 0 Å². The van der Waals surface area contributed by atoms with Crippen LogP contribution in [0.25, 0.3) is 0 Å². The molecule has 0 rings (SSSR count). The van der Waals surface area contributed by atoms with E-state index in [4.69, 9.17) is 0 Å². The Morgan fingerprint density at radius 3 is 1.04 bits per heavy atom. The molecule has 1 unspecified atom stereocenters. The van der Waals surface area contributed by atoms with E-state index in [1.54, 1.807) is 0 Å². The van der Waals surface area contributed by atoms with Crippen molar-refractivity contribution >= 4 is 5.97 Å². The van der Waals surface area contributed by atoms with Gasteiger partial charge in [-0.25, -0.2) is 0 Å². The van der Waals surface area contributed by atoms with Crippen LogP contribution >= 0.6 is 0 Å². The van der Waals surface area contributed by atoms with Gasteiger partial charge in [-0.1, -0.05) is 136 Å². The lowest BCUT2D eigenvalue weighted by molar-refractivity contribution is -0.149. The Morgan fingerprint density at radius 1 is 0.536 bits per heavy atom. The third kappa shape index (κ3) is 16.4. The molecule has 28 heavy (non-hydrogen) atoms. The molecular formula is C26H52O2. The van der Waals surface area contributed by atoms with E-state index in [2.05, 4.69) is 13.8 Å². The first kappa shape index (κ1) is 27.5. The van der Waals surface area contributed by atoms with Crippen LogP contribution < -0.4 is 0 Å². The zero-order valence-corrected chi connectivity index (χ0v) is 19.7. The number of aliphatic carboxylic acids is 1. The van der Waals surface area contributed by atoms with Crippen molar-refractivity contribution in [2.24, 2.45) is 5.41 Å². The average Bonchev–Trinajstić information content (AvgIpc) is 2.68. The summed E-state index contributed by atoms with van der Waals surface area (Å²) in [4.78, 5) is 11.8. The van der Waals surface area contributed by atoms with Gasteiger partial charge >= 0.3 is 5.97 Å². The van der Waals surface area contributed by atoms with Gasteiger partial charge in [0.1, 0.15) is 0 Å². The predicted molar refractivity (Wildman–Crippen MR) is 124 cm³/mol. The number of carbonyl (C=O) groups is 1. The topological polar surface area (TPSA) is 37.3 Å². The van der Waals surface area contributed by atoms with Crippen molar-refractivity contribution < 1.29 is 9.90 Å². The molecule has 0 saturated heterocycles. The Hall–Kier alpha value is -0.530. The summed E-state index contributed by atoms with van der Waals surface area (Å²) in [5.74, 6) is -0.582. The summed E-state index contributed by atoms with van der Waals surface area (Å²) < 4.78 is 0. The molecule has 0 aliphatic heterocycles. The molecule has 0 aromatic rings. The second-order valence-corrected chi connectivity index (χ2v) is 9.38. The van der Waals surface area contributed by atoms with Crippen molar-refractivity contribution in [3.8, 4) is 0 Å². The summed E-state index contributed by atoms with van der Waals surface area (Å²) >= 11 is 0. The molecule has 0 aliphatic rings. The normalized spacial score (nSPS) is 13.5. The van der Waals surface area contributed by atoms with Crippen LogP contribution in [-0.2, 0) is 4.79 Å². The maximum atomic E-state index is 11.8. The van der Waals surface area contributed by atoms with Gasteiger partial charge in [0.25, 0.3) is 0 Å². The van der Waals surface area contributed by atoms with Crippen LogP contribution in [0.1, 0.15) is 156 Å². The molecular weight excluding hydrogens is 344 g/mol. The Kier molecular flexibility index (Phi) is 19.4. The summed E-state index contributed by atoms with van der Waals surface area (Å²) in [6, 6.07) is 0. The van der Waals surface area contributed by atoms with Gasteiger partial charge in [-0.05, 0) is 19.8 Å². The second-order valence-electron chi connectivity index (χ2n) is 9.38. The van der Waals surface area contributed by atoms with Crippen LogP contribution in [0.15, 0.2) is 0 Å². The summed E-state index contributed by atoms with van der Waals surface area (Å²) in [6.45, 7) is 6.49. The molecule has 0 saturated carbocycles. The zero-order valence-electron chi connectivity index (χ0n) is 19.7. The van der Waals surface area contributed by atoms with Crippen LogP contribution in [0.3, 0.4) is 0 Å². The fourth-order valence-corrected chi connectivity index (χ4v) is 4.17. The molecule has 0 amide bonds. The smallest absolute Gasteiger partial charge is 0.309 e. The third-order valence-corrected chi connectivity index (χ3v) is 6.43. The van der Waals surface area contributed by atoms with Crippen LogP contribution in [0, 0.1) is 5.41 Å². The van der Waals surface area contributed by atoms with Crippen LogP contribution in [-0.4, -0.2) is 11.1 Å². The highest BCUT2D eigenvalue weighted by molar-refractivity contribution is 5.74. The van der Waals surface area contributed by atoms with Gasteiger partial charge in [-0.3, -0.25) is 4.79 Å². The number of hydrogen-bond acceptors (Lipinski definition) is 1. The van der Waals surface area contributed by atoms with E-state index < -0.39 is 11.4 Å². The van der Waals surface area contributed by atoms with Crippen molar-refractivity contribution in [3.63, 3.8) is 0 Å². The van der Waals surface area contributed by atoms with E-state index in [-0.39, 0.29) is 0 Å². The molecule has 0 fully saturated rings. The standard InChI is InChI=1S/C26H52O2/c1-4-6-8-10-12-13-14-15-16-18-20-22-24-26(3,25(27)28)23-21-19-17-11-9-7-5-2/h4-24H2,1-3H3,(H,27,28). The second kappa shape index (κ2) is 19.8. The minimum Gasteiger partial charge on any atom is -0.481 e. The number of carboxylic acids is 1. The van der Waals surface area contributed by atoms with Gasteiger partial charge in [0, 0.05) is 0 Å². The Labute approximate surface area is 177 Å². The van der Waals surface area contributed by atoms with Crippen molar-refractivity contribution in [2.75, 3.05) is 0 Å². The molecule has 0 radical (unpaired) electrons. The van der Waals surface area contributed by atoms with Crippen molar-refractivity contribution in [2.45, 2.75) is 156 Å². The van der Waals surface area contributed by atoms with Crippen LogP contribution in [0.2, 0.25) is 0 Å². The molecule has 0 bridgehead atoms. The molecule has 168 valence electrons. The summed E-state index contributed by atoms with van der Waals surface area (Å²) in [5.41, 5.74) is -0.498. The molecule has 1 atom stereocenters. The fraction of sp³-hybridized carbons (Fsp3) is 0.962. The van der Waals surface area contributed by atoms with Gasteiger partial charge in [0.05, 0.1) is 5.41 Å². The Balaban J connectivity index is 3.62. The Bertz CT molecular complexity index is 339. The van der Waals surface area contributed by atoms with E-state index in [1.807, 2.05) is 6.92 Å². The van der Waals surface area contributed by atoms with Crippen LogP contribution in [0.5, 0.6) is 0 Å². The van der Waals surface area contributed by atoms with Gasteiger partial charge in [-0.2, -0.15) is 0 Å². The lowest BCUT2D eigenvalue weighted by Gasteiger charge is -2.24. The highest BCUT2D eigenvalue weighted by Crippen LogP contribution is 2.32. The van der Waals surface area contributed by atoms with E-state index in [0.29, 0.717) is 0 Å². The molecule has 0 spiro atoms. The van der Waals surface area contributed by atoms with Crippen molar-refractivity contribution in [3.05, 3.63) is 0 Å². The SMILES string of the molecule is CCCCCCCCCCCCCCC(C)(CCCCCCCCC)C(=O)O. The van der Waals surface area contributed by atoms with Gasteiger partial charge in [-0.15, -0.1) is 0 Å². The van der Waals surface area contributed by atoms with Crippen LogP contribution in [0.4, 0.5) is 0 Å². The van der Waals surface area contributed by atoms with Gasteiger partial charge < -0.3 is 5.11 Å². The maximum Gasteiger partial charge on any atom is 0.309 e. The van der Waals surface area contributed by atoms with E-state index in [1.165, 1.54) is 109 Å². The highest BCUT2D eigenvalue weighted by Gasteiger charge is 2.31. The lowest BCUT2D eigenvalue weighted by Crippen LogP contribution is -2.27. The zero-order chi connectivity index (χ0) is 20.9.